The molecule has 0 amide bonds. The number of aliphatic hydroxyl groups excluding tert-OH is 1. The lowest BCUT2D eigenvalue weighted by atomic mass is 10.1. The summed E-state index contributed by atoms with van der Waals surface area (Å²) in [5, 5.41) is 9.83. The number of rotatable bonds is 2. The Labute approximate surface area is 103 Å². The molecule has 1 aromatic rings. The fraction of sp³-hybridized carbons (Fsp3) is 0.643. The zero-order valence-electron chi connectivity index (χ0n) is 10.8. The first-order valence-electron chi connectivity index (χ1n) is 6.60. The van der Waals surface area contributed by atoms with Gasteiger partial charge in [0.1, 0.15) is 5.82 Å². The lowest BCUT2D eigenvalue weighted by Gasteiger charge is -2.30. The molecule has 1 aliphatic heterocycles. The highest BCUT2D eigenvalue weighted by atomic mass is 16.3. The van der Waals surface area contributed by atoms with E-state index in [9.17, 15) is 5.11 Å². The molecular weight excluding hydrogens is 212 g/mol. The Morgan fingerprint density at radius 3 is 3.00 bits per heavy atom. The van der Waals surface area contributed by atoms with Crippen molar-refractivity contribution in [3.63, 3.8) is 0 Å². The minimum Gasteiger partial charge on any atom is -0.389 e. The summed E-state index contributed by atoms with van der Waals surface area (Å²) in [5.74, 6) is 0.969. The van der Waals surface area contributed by atoms with E-state index < -0.39 is 6.10 Å². The highest BCUT2D eigenvalue weighted by Gasteiger charge is 2.21. The number of hydrogen-bond donors (Lipinski definition) is 1. The van der Waals surface area contributed by atoms with Crippen LogP contribution < -0.4 is 4.90 Å². The summed E-state index contributed by atoms with van der Waals surface area (Å²) in [4.78, 5) is 6.84. The Kier molecular flexibility index (Phi) is 4.00. The second-order valence-electron chi connectivity index (χ2n) is 4.98. The minimum atomic E-state index is -0.450. The van der Waals surface area contributed by atoms with Gasteiger partial charge in [-0.1, -0.05) is 18.9 Å². The summed E-state index contributed by atoms with van der Waals surface area (Å²) in [6, 6.07) is 4.39. The largest absolute Gasteiger partial charge is 0.389 e. The van der Waals surface area contributed by atoms with Crippen LogP contribution in [0, 0.1) is 0 Å². The molecule has 0 spiro atoms. The molecule has 1 aliphatic rings. The summed E-state index contributed by atoms with van der Waals surface area (Å²) in [7, 11) is 0. The maximum absolute atomic E-state index is 9.83. The molecule has 1 fully saturated rings. The van der Waals surface area contributed by atoms with Gasteiger partial charge in [0.15, 0.2) is 0 Å². The third kappa shape index (κ3) is 2.78. The summed E-state index contributed by atoms with van der Waals surface area (Å²) >= 11 is 0. The van der Waals surface area contributed by atoms with Gasteiger partial charge >= 0.3 is 0 Å². The first-order chi connectivity index (χ1) is 8.20. The Morgan fingerprint density at radius 1 is 1.41 bits per heavy atom. The lowest BCUT2D eigenvalue weighted by molar-refractivity contribution is 0.199. The molecule has 94 valence electrons. The normalized spacial score (nSPS) is 23.2. The monoisotopic (exact) mass is 234 g/mol. The van der Waals surface area contributed by atoms with Crippen molar-refractivity contribution in [3.8, 4) is 0 Å². The molecule has 1 N–H and O–H groups in total. The number of anilines is 1. The molecule has 0 bridgehead atoms. The van der Waals surface area contributed by atoms with Crippen LogP contribution in [-0.4, -0.2) is 22.7 Å². The quantitative estimate of drug-likeness (QED) is 0.854. The van der Waals surface area contributed by atoms with Crippen LogP contribution in [0.2, 0.25) is 0 Å². The van der Waals surface area contributed by atoms with E-state index >= 15 is 0 Å². The van der Waals surface area contributed by atoms with Gasteiger partial charge in [-0.15, -0.1) is 0 Å². The Balaban J connectivity index is 2.30. The van der Waals surface area contributed by atoms with Gasteiger partial charge in [0, 0.05) is 24.3 Å². The molecule has 2 atom stereocenters. The van der Waals surface area contributed by atoms with Crippen molar-refractivity contribution in [3.05, 3.63) is 23.9 Å². The standard InChI is InChI=1S/C14H22N2O/c1-11-7-4-3-5-10-16(11)14-13(12(2)17)8-6-9-15-14/h6,8-9,11-12,17H,3-5,7,10H2,1-2H3. The fourth-order valence-electron chi connectivity index (χ4n) is 2.57. The van der Waals surface area contributed by atoms with Crippen LogP contribution in [0.25, 0.3) is 0 Å². The Bertz CT molecular complexity index is 365. The van der Waals surface area contributed by atoms with E-state index in [1.807, 2.05) is 25.3 Å². The van der Waals surface area contributed by atoms with Gasteiger partial charge in [0.25, 0.3) is 0 Å². The molecule has 0 saturated carbocycles. The van der Waals surface area contributed by atoms with E-state index in [2.05, 4.69) is 16.8 Å². The third-order valence-corrected chi connectivity index (χ3v) is 3.59. The lowest BCUT2D eigenvalue weighted by Crippen LogP contribution is -2.34. The average molecular weight is 234 g/mol. The van der Waals surface area contributed by atoms with Crippen LogP contribution in [0.5, 0.6) is 0 Å². The van der Waals surface area contributed by atoms with E-state index in [4.69, 9.17) is 0 Å². The number of aromatic nitrogens is 1. The van der Waals surface area contributed by atoms with E-state index in [0.717, 1.165) is 17.9 Å². The van der Waals surface area contributed by atoms with Gasteiger partial charge in [0.2, 0.25) is 0 Å². The van der Waals surface area contributed by atoms with Crippen LogP contribution in [-0.2, 0) is 0 Å². The van der Waals surface area contributed by atoms with Crippen molar-refractivity contribution in [2.45, 2.75) is 51.7 Å². The van der Waals surface area contributed by atoms with Crippen LogP contribution in [0.1, 0.15) is 51.2 Å². The molecule has 0 aliphatic carbocycles. The molecule has 0 aromatic carbocycles. The summed E-state index contributed by atoms with van der Waals surface area (Å²) in [6.45, 7) is 5.12. The van der Waals surface area contributed by atoms with Crippen molar-refractivity contribution in [2.24, 2.45) is 0 Å². The van der Waals surface area contributed by atoms with Crippen molar-refractivity contribution in [1.29, 1.82) is 0 Å². The number of aliphatic hydroxyl groups is 1. The Hall–Kier alpha value is -1.09. The van der Waals surface area contributed by atoms with E-state index in [-0.39, 0.29) is 0 Å². The van der Waals surface area contributed by atoms with Gasteiger partial charge in [0.05, 0.1) is 6.10 Å². The van der Waals surface area contributed by atoms with Crippen molar-refractivity contribution in [1.82, 2.24) is 4.98 Å². The predicted molar refractivity (Wildman–Crippen MR) is 70.1 cm³/mol. The van der Waals surface area contributed by atoms with Gasteiger partial charge in [-0.25, -0.2) is 4.98 Å². The second-order valence-corrected chi connectivity index (χ2v) is 4.98. The van der Waals surface area contributed by atoms with Gasteiger partial charge in [-0.3, -0.25) is 0 Å². The van der Waals surface area contributed by atoms with E-state index in [1.54, 1.807) is 0 Å². The molecule has 0 radical (unpaired) electrons. The van der Waals surface area contributed by atoms with Crippen molar-refractivity contribution >= 4 is 5.82 Å². The van der Waals surface area contributed by atoms with Crippen molar-refractivity contribution in [2.75, 3.05) is 11.4 Å². The molecule has 2 rings (SSSR count). The first kappa shape index (κ1) is 12.4. The topological polar surface area (TPSA) is 36.4 Å². The number of hydrogen-bond acceptors (Lipinski definition) is 3. The number of pyridine rings is 1. The molecule has 1 saturated heterocycles. The van der Waals surface area contributed by atoms with Crippen LogP contribution >= 0.6 is 0 Å². The summed E-state index contributed by atoms with van der Waals surface area (Å²) < 4.78 is 0. The first-order valence-corrected chi connectivity index (χ1v) is 6.60. The molecule has 2 unspecified atom stereocenters. The van der Waals surface area contributed by atoms with Gasteiger partial charge in [-0.05, 0) is 32.8 Å². The smallest absolute Gasteiger partial charge is 0.134 e. The van der Waals surface area contributed by atoms with Crippen molar-refractivity contribution < 1.29 is 5.11 Å². The maximum Gasteiger partial charge on any atom is 0.134 e. The molecule has 3 nitrogen and oxygen atoms in total. The second kappa shape index (κ2) is 5.50. The Morgan fingerprint density at radius 2 is 2.24 bits per heavy atom. The molecule has 3 heteroatoms. The fourth-order valence-corrected chi connectivity index (χ4v) is 2.57. The highest BCUT2D eigenvalue weighted by Crippen LogP contribution is 2.28. The number of nitrogens with zero attached hydrogens (tertiary/aromatic N) is 2. The molecule has 2 heterocycles. The summed E-state index contributed by atoms with van der Waals surface area (Å²) in [6.07, 6.45) is 6.41. The van der Waals surface area contributed by atoms with E-state index in [0.29, 0.717) is 6.04 Å². The molecule has 1 aromatic heterocycles. The van der Waals surface area contributed by atoms with Crippen LogP contribution in [0.4, 0.5) is 5.82 Å². The van der Waals surface area contributed by atoms with Crippen LogP contribution in [0.3, 0.4) is 0 Å². The minimum absolute atomic E-state index is 0.450. The van der Waals surface area contributed by atoms with E-state index in [1.165, 1.54) is 25.7 Å². The average Bonchev–Trinajstić information content (AvgIpc) is 2.54. The third-order valence-electron chi connectivity index (χ3n) is 3.59. The zero-order valence-corrected chi connectivity index (χ0v) is 10.8. The van der Waals surface area contributed by atoms with Gasteiger partial charge < -0.3 is 10.0 Å². The molecule has 17 heavy (non-hydrogen) atoms. The maximum atomic E-state index is 9.83. The van der Waals surface area contributed by atoms with Gasteiger partial charge in [-0.2, -0.15) is 0 Å². The molecular formula is C14H22N2O. The van der Waals surface area contributed by atoms with Crippen LogP contribution in [0.15, 0.2) is 18.3 Å². The summed E-state index contributed by atoms with van der Waals surface area (Å²) in [5.41, 5.74) is 0.946. The zero-order chi connectivity index (χ0) is 12.3. The predicted octanol–water partition coefficient (Wildman–Crippen LogP) is 2.90. The SMILES string of the molecule is CC(O)c1cccnc1N1CCCCCC1C. The highest BCUT2D eigenvalue weighted by molar-refractivity contribution is 5.48.